The molecule has 166 valence electrons. The van der Waals surface area contributed by atoms with Crippen LogP contribution < -0.4 is 10.0 Å². The van der Waals surface area contributed by atoms with Gasteiger partial charge in [0.2, 0.25) is 15.9 Å². The van der Waals surface area contributed by atoms with E-state index in [4.69, 9.17) is 23.2 Å². The van der Waals surface area contributed by atoms with E-state index >= 15 is 0 Å². The van der Waals surface area contributed by atoms with Gasteiger partial charge < -0.3 is 14.8 Å². The molecule has 2 aromatic rings. The molecule has 0 heterocycles. The van der Waals surface area contributed by atoms with Crippen molar-refractivity contribution in [2.75, 3.05) is 19.5 Å². The molecular formula is C19H18Cl2N2O7S. The lowest BCUT2D eigenvalue weighted by atomic mass is 10.1. The largest absolute Gasteiger partial charge is 0.465 e. The van der Waals surface area contributed by atoms with E-state index in [2.05, 4.69) is 19.5 Å². The molecule has 2 rings (SSSR count). The van der Waals surface area contributed by atoms with Gasteiger partial charge in [-0.2, -0.15) is 4.72 Å². The van der Waals surface area contributed by atoms with E-state index < -0.39 is 33.9 Å². The first-order valence-electron chi connectivity index (χ1n) is 8.58. The van der Waals surface area contributed by atoms with E-state index in [-0.39, 0.29) is 31.8 Å². The second-order valence-electron chi connectivity index (χ2n) is 6.19. The summed E-state index contributed by atoms with van der Waals surface area (Å²) in [6.45, 7) is 1.30. The van der Waals surface area contributed by atoms with E-state index in [1.807, 2.05) is 0 Å². The van der Waals surface area contributed by atoms with Crippen LogP contribution in [0.5, 0.6) is 0 Å². The topological polar surface area (TPSA) is 128 Å². The lowest BCUT2D eigenvalue weighted by Crippen LogP contribution is -2.41. The van der Waals surface area contributed by atoms with Gasteiger partial charge in [-0.25, -0.2) is 18.0 Å². The number of amides is 1. The van der Waals surface area contributed by atoms with Crippen molar-refractivity contribution in [2.24, 2.45) is 0 Å². The van der Waals surface area contributed by atoms with E-state index in [0.717, 1.165) is 20.3 Å². The van der Waals surface area contributed by atoms with Crippen molar-refractivity contribution in [2.45, 2.75) is 17.9 Å². The molecule has 0 spiro atoms. The van der Waals surface area contributed by atoms with Crippen molar-refractivity contribution in [3.8, 4) is 0 Å². The van der Waals surface area contributed by atoms with E-state index in [0.29, 0.717) is 0 Å². The molecule has 31 heavy (non-hydrogen) atoms. The fourth-order valence-corrected chi connectivity index (χ4v) is 4.42. The van der Waals surface area contributed by atoms with Crippen molar-refractivity contribution in [1.82, 2.24) is 4.72 Å². The number of sulfonamides is 1. The summed E-state index contributed by atoms with van der Waals surface area (Å²) in [5.74, 6) is -2.25. The molecule has 0 fully saturated rings. The molecule has 0 aliphatic carbocycles. The predicted octanol–water partition coefficient (Wildman–Crippen LogP) is 2.87. The highest BCUT2D eigenvalue weighted by Gasteiger charge is 2.25. The number of esters is 2. The average molecular weight is 489 g/mol. The fourth-order valence-electron chi connectivity index (χ4n) is 2.45. The number of anilines is 1. The van der Waals surface area contributed by atoms with Crippen LogP contribution in [0.1, 0.15) is 27.6 Å². The maximum absolute atomic E-state index is 12.6. The number of nitrogens with one attached hydrogen (secondary N) is 2. The summed E-state index contributed by atoms with van der Waals surface area (Å²) in [4.78, 5) is 36.0. The van der Waals surface area contributed by atoms with Gasteiger partial charge in [-0.15, -0.1) is 0 Å². The summed E-state index contributed by atoms with van der Waals surface area (Å²) < 4.78 is 36.6. The summed E-state index contributed by atoms with van der Waals surface area (Å²) in [6, 6.07) is 6.42. The van der Waals surface area contributed by atoms with Gasteiger partial charge in [0.15, 0.2) is 0 Å². The van der Waals surface area contributed by atoms with Gasteiger partial charge in [-0.3, -0.25) is 4.79 Å². The Bertz CT molecular complexity index is 1100. The normalized spacial score (nSPS) is 12.0. The zero-order valence-electron chi connectivity index (χ0n) is 16.6. The number of hydrogen-bond acceptors (Lipinski definition) is 7. The highest BCUT2D eigenvalue weighted by Crippen LogP contribution is 2.25. The Morgan fingerprint density at radius 2 is 1.48 bits per heavy atom. The van der Waals surface area contributed by atoms with Crippen LogP contribution in [-0.2, 0) is 24.3 Å². The van der Waals surface area contributed by atoms with Gasteiger partial charge in [0, 0.05) is 10.7 Å². The highest BCUT2D eigenvalue weighted by atomic mass is 35.5. The van der Waals surface area contributed by atoms with Crippen LogP contribution in [0.25, 0.3) is 0 Å². The molecule has 2 N–H and O–H groups in total. The fraction of sp³-hybridized carbons (Fsp3) is 0.211. The molecule has 12 heteroatoms. The van der Waals surface area contributed by atoms with Gasteiger partial charge in [0.05, 0.1) is 36.4 Å². The van der Waals surface area contributed by atoms with E-state index in [9.17, 15) is 22.8 Å². The first kappa shape index (κ1) is 24.6. The Kier molecular flexibility index (Phi) is 8.02. The quantitative estimate of drug-likeness (QED) is 0.573. The van der Waals surface area contributed by atoms with Crippen molar-refractivity contribution in [3.05, 3.63) is 57.6 Å². The van der Waals surface area contributed by atoms with E-state index in [1.54, 1.807) is 0 Å². The van der Waals surface area contributed by atoms with Crippen LogP contribution in [-0.4, -0.2) is 46.5 Å². The maximum Gasteiger partial charge on any atom is 0.337 e. The Balaban J connectivity index is 2.26. The molecule has 0 aromatic heterocycles. The second kappa shape index (κ2) is 10.1. The Labute approximate surface area is 188 Å². The molecule has 0 saturated carbocycles. The Morgan fingerprint density at radius 3 is 2.00 bits per heavy atom. The van der Waals surface area contributed by atoms with Crippen molar-refractivity contribution in [1.29, 1.82) is 0 Å². The van der Waals surface area contributed by atoms with Crippen molar-refractivity contribution in [3.63, 3.8) is 0 Å². The number of methoxy groups -OCH3 is 2. The smallest absolute Gasteiger partial charge is 0.337 e. The molecule has 0 radical (unpaired) electrons. The van der Waals surface area contributed by atoms with Crippen LogP contribution in [0.15, 0.2) is 41.3 Å². The minimum absolute atomic E-state index is 0.0142. The standard InChI is InChI=1S/C19H18Cl2N2O7S/c1-10(23-31(27,28)16-9-13(20)4-5-15(16)21)17(24)22-14-7-11(18(25)29-2)6-12(8-14)19(26)30-3/h4-10,23H,1-3H3,(H,22,24)/t10-/m1/s1. The molecular weight excluding hydrogens is 471 g/mol. The molecule has 9 nitrogen and oxygen atoms in total. The van der Waals surface area contributed by atoms with Crippen molar-refractivity contribution >= 4 is 56.8 Å². The molecule has 0 unspecified atom stereocenters. The number of ether oxygens (including phenoxy) is 2. The third-order valence-corrected chi connectivity index (χ3v) is 6.21. The minimum atomic E-state index is -4.18. The zero-order valence-corrected chi connectivity index (χ0v) is 18.9. The molecule has 0 bridgehead atoms. The molecule has 0 saturated heterocycles. The van der Waals surface area contributed by atoms with Gasteiger partial charge in [-0.05, 0) is 43.3 Å². The number of carbonyl (C=O) groups is 3. The van der Waals surface area contributed by atoms with Gasteiger partial charge in [-0.1, -0.05) is 23.2 Å². The summed E-state index contributed by atoms with van der Waals surface area (Å²) in [5, 5.41) is 2.52. The second-order valence-corrected chi connectivity index (χ2v) is 8.72. The molecule has 2 aromatic carbocycles. The molecule has 1 atom stereocenters. The van der Waals surface area contributed by atoms with E-state index in [1.165, 1.54) is 37.3 Å². The van der Waals surface area contributed by atoms with Crippen molar-refractivity contribution < 1.29 is 32.3 Å². The van der Waals surface area contributed by atoms with Gasteiger partial charge >= 0.3 is 11.9 Å². The highest BCUT2D eigenvalue weighted by molar-refractivity contribution is 7.89. The number of carbonyl (C=O) groups excluding carboxylic acids is 3. The summed E-state index contributed by atoms with van der Waals surface area (Å²) in [6.07, 6.45) is 0. The number of rotatable bonds is 7. The minimum Gasteiger partial charge on any atom is -0.465 e. The van der Waals surface area contributed by atoms with Crippen LogP contribution in [0.3, 0.4) is 0 Å². The Morgan fingerprint density at radius 1 is 0.935 bits per heavy atom. The third-order valence-electron chi connectivity index (χ3n) is 3.95. The summed E-state index contributed by atoms with van der Waals surface area (Å²) >= 11 is 11.8. The third kappa shape index (κ3) is 6.17. The summed E-state index contributed by atoms with van der Waals surface area (Å²) in [7, 11) is -1.86. The van der Waals surface area contributed by atoms with Gasteiger partial charge in [0.1, 0.15) is 4.90 Å². The first-order chi connectivity index (χ1) is 14.5. The SMILES string of the molecule is COC(=O)c1cc(NC(=O)[C@@H](C)NS(=O)(=O)c2cc(Cl)ccc2Cl)cc(C(=O)OC)c1. The number of benzene rings is 2. The monoisotopic (exact) mass is 488 g/mol. The number of hydrogen-bond donors (Lipinski definition) is 2. The zero-order chi connectivity index (χ0) is 23.3. The number of halogens is 2. The summed E-state index contributed by atoms with van der Waals surface area (Å²) in [5.41, 5.74) is 0.0272. The molecule has 1 amide bonds. The lowest BCUT2D eigenvalue weighted by Gasteiger charge is -2.16. The maximum atomic E-state index is 12.6. The predicted molar refractivity (Wildman–Crippen MR) is 114 cm³/mol. The average Bonchev–Trinajstić information content (AvgIpc) is 2.73. The van der Waals surface area contributed by atoms with Crippen LogP contribution in [0, 0.1) is 0 Å². The molecule has 0 aliphatic rings. The van der Waals surface area contributed by atoms with Gasteiger partial charge in [0.25, 0.3) is 0 Å². The van der Waals surface area contributed by atoms with Crippen LogP contribution in [0.4, 0.5) is 5.69 Å². The van der Waals surface area contributed by atoms with Crippen LogP contribution in [0.2, 0.25) is 10.0 Å². The lowest BCUT2D eigenvalue weighted by molar-refractivity contribution is -0.117. The van der Waals surface area contributed by atoms with Crippen LogP contribution >= 0.6 is 23.2 Å². The molecule has 0 aliphatic heterocycles. The Hall–Kier alpha value is -2.66. The first-order valence-corrected chi connectivity index (χ1v) is 10.8.